The Balaban J connectivity index is 1.35. The molecule has 1 fully saturated rings. The van der Waals surface area contributed by atoms with Gasteiger partial charge in [0.25, 0.3) is 0 Å². The highest BCUT2D eigenvalue weighted by molar-refractivity contribution is 7.18. The SMILES string of the molecule is COC(=O)C[C@@H](NC(=O)C1CCN(C(=O)/C=C/c2cc3ccsc3c(Cl)c2Cl)CC1)c1cccnc1. The summed E-state index contributed by atoms with van der Waals surface area (Å²) in [4.78, 5) is 43.4. The fraction of sp³-hybridized carbons (Fsp3) is 0.308. The first kappa shape index (κ1) is 26.1. The lowest BCUT2D eigenvalue weighted by Crippen LogP contribution is -2.43. The number of pyridine rings is 1. The van der Waals surface area contributed by atoms with Gasteiger partial charge in [0.15, 0.2) is 0 Å². The van der Waals surface area contributed by atoms with E-state index in [0.29, 0.717) is 41.5 Å². The third-order valence-electron chi connectivity index (χ3n) is 6.24. The van der Waals surface area contributed by atoms with Gasteiger partial charge in [-0.15, -0.1) is 11.3 Å². The van der Waals surface area contributed by atoms with Gasteiger partial charge in [0.2, 0.25) is 11.8 Å². The number of amides is 2. The Morgan fingerprint density at radius 2 is 2.03 bits per heavy atom. The third kappa shape index (κ3) is 6.06. The number of fused-ring (bicyclic) bond motifs is 1. The van der Waals surface area contributed by atoms with Gasteiger partial charge in [-0.1, -0.05) is 29.3 Å². The van der Waals surface area contributed by atoms with Crippen LogP contribution in [-0.4, -0.2) is 47.9 Å². The molecule has 0 aliphatic carbocycles. The molecule has 4 rings (SSSR count). The number of hydrogen-bond donors (Lipinski definition) is 1. The molecule has 7 nitrogen and oxygen atoms in total. The van der Waals surface area contributed by atoms with Crippen molar-refractivity contribution >= 4 is 68.5 Å². The van der Waals surface area contributed by atoms with Crippen LogP contribution in [0.1, 0.15) is 36.4 Å². The van der Waals surface area contributed by atoms with Gasteiger partial charge in [0.1, 0.15) is 0 Å². The summed E-state index contributed by atoms with van der Waals surface area (Å²) in [5, 5.41) is 6.78. The Hall–Kier alpha value is -2.94. The average molecular weight is 546 g/mol. The number of hydrogen-bond acceptors (Lipinski definition) is 6. The number of rotatable bonds is 7. The van der Waals surface area contributed by atoms with Crippen LogP contribution in [0, 0.1) is 5.92 Å². The predicted molar refractivity (Wildman–Crippen MR) is 142 cm³/mol. The summed E-state index contributed by atoms with van der Waals surface area (Å²) in [5.41, 5.74) is 1.41. The molecule has 3 aromatic rings. The molecule has 0 spiro atoms. The number of piperidine rings is 1. The summed E-state index contributed by atoms with van der Waals surface area (Å²) >= 11 is 14.3. The van der Waals surface area contributed by atoms with Crippen molar-refractivity contribution < 1.29 is 19.1 Å². The number of nitrogens with zero attached hydrogens (tertiary/aromatic N) is 2. The topological polar surface area (TPSA) is 88.6 Å². The van der Waals surface area contributed by atoms with Gasteiger partial charge < -0.3 is 15.0 Å². The Kier molecular flexibility index (Phi) is 8.61. The van der Waals surface area contributed by atoms with Crippen LogP contribution in [0.15, 0.2) is 48.1 Å². The van der Waals surface area contributed by atoms with E-state index in [1.165, 1.54) is 24.5 Å². The Labute approximate surface area is 223 Å². The Morgan fingerprint density at radius 3 is 2.72 bits per heavy atom. The van der Waals surface area contributed by atoms with E-state index in [1.54, 1.807) is 29.4 Å². The molecular formula is C26H25Cl2N3O4S. The summed E-state index contributed by atoms with van der Waals surface area (Å²) in [6.45, 7) is 0.905. The summed E-state index contributed by atoms with van der Waals surface area (Å²) in [5.74, 6) is -0.980. The fourth-order valence-corrected chi connectivity index (χ4v) is 5.63. The summed E-state index contributed by atoms with van der Waals surface area (Å²) < 4.78 is 5.70. The van der Waals surface area contributed by atoms with Crippen molar-refractivity contribution in [3.05, 3.63) is 69.3 Å². The molecule has 0 bridgehead atoms. The number of likely N-dealkylation sites (tertiary alicyclic amines) is 1. The highest BCUT2D eigenvalue weighted by Gasteiger charge is 2.29. The van der Waals surface area contributed by atoms with E-state index in [9.17, 15) is 14.4 Å². The molecule has 2 amide bonds. The zero-order chi connectivity index (χ0) is 25.7. The lowest BCUT2D eigenvalue weighted by atomic mass is 9.94. The van der Waals surface area contributed by atoms with Crippen LogP contribution in [0.4, 0.5) is 0 Å². The number of halogens is 2. The first-order valence-electron chi connectivity index (χ1n) is 11.5. The van der Waals surface area contributed by atoms with E-state index in [2.05, 4.69) is 10.3 Å². The average Bonchev–Trinajstić information content (AvgIpc) is 3.38. The number of nitrogens with one attached hydrogen (secondary N) is 1. The maximum absolute atomic E-state index is 13.0. The standard InChI is InChI=1S/C26H25Cl2N3O4S/c1-35-22(33)14-20(19-3-2-9-29-15-19)30-26(34)16-6-10-31(11-7-16)21(32)5-4-17-13-18-8-12-36-25(18)24(28)23(17)27/h2-5,8-9,12-13,15-16,20H,6-7,10-11,14H2,1H3,(H,30,34)/b5-4+/t20-/m1/s1. The molecule has 188 valence electrons. The number of benzene rings is 1. The summed E-state index contributed by atoms with van der Waals surface area (Å²) in [6, 6.07) is 6.90. The van der Waals surface area contributed by atoms with Gasteiger partial charge in [-0.25, -0.2) is 0 Å². The lowest BCUT2D eigenvalue weighted by molar-refractivity contribution is -0.141. The number of ether oxygens (including phenoxy) is 1. The van der Waals surface area contributed by atoms with E-state index in [1.807, 2.05) is 23.6 Å². The molecule has 1 aromatic carbocycles. The van der Waals surface area contributed by atoms with Gasteiger partial charge in [-0.3, -0.25) is 19.4 Å². The van der Waals surface area contributed by atoms with E-state index >= 15 is 0 Å². The Morgan fingerprint density at radius 1 is 1.25 bits per heavy atom. The van der Waals surface area contributed by atoms with Gasteiger partial charge in [0, 0.05) is 37.5 Å². The highest BCUT2D eigenvalue weighted by Crippen LogP contribution is 2.37. The molecule has 1 N–H and O–H groups in total. The van der Waals surface area contributed by atoms with Crippen LogP contribution in [0.5, 0.6) is 0 Å². The van der Waals surface area contributed by atoms with E-state index in [-0.39, 0.29) is 24.2 Å². The minimum atomic E-state index is -0.529. The second kappa shape index (κ2) is 11.9. The summed E-state index contributed by atoms with van der Waals surface area (Å²) in [6.07, 6.45) is 7.48. The highest BCUT2D eigenvalue weighted by atomic mass is 35.5. The lowest BCUT2D eigenvalue weighted by Gasteiger charge is -2.31. The molecule has 1 atom stereocenters. The maximum atomic E-state index is 13.0. The quantitative estimate of drug-likeness (QED) is 0.322. The molecular weight excluding hydrogens is 521 g/mol. The second-order valence-electron chi connectivity index (χ2n) is 8.49. The van der Waals surface area contributed by atoms with Gasteiger partial charge in [-0.2, -0.15) is 0 Å². The predicted octanol–water partition coefficient (Wildman–Crippen LogP) is 5.28. The molecule has 10 heteroatoms. The minimum absolute atomic E-state index is 0.0137. The van der Waals surface area contributed by atoms with Crippen molar-refractivity contribution in [3.8, 4) is 0 Å². The number of aromatic nitrogens is 1. The Bertz CT molecular complexity index is 1290. The molecule has 0 unspecified atom stereocenters. The minimum Gasteiger partial charge on any atom is -0.469 e. The van der Waals surface area contributed by atoms with E-state index < -0.39 is 12.0 Å². The molecule has 1 aliphatic rings. The second-order valence-corrected chi connectivity index (χ2v) is 10.2. The monoisotopic (exact) mass is 545 g/mol. The van der Waals surface area contributed by atoms with E-state index in [4.69, 9.17) is 27.9 Å². The number of carbonyl (C=O) groups excluding carboxylic acids is 3. The normalized spacial score (nSPS) is 15.2. The van der Waals surface area contributed by atoms with Crippen LogP contribution >= 0.6 is 34.5 Å². The number of thiophene rings is 1. The first-order chi connectivity index (χ1) is 17.4. The van der Waals surface area contributed by atoms with Crippen LogP contribution in [0.25, 0.3) is 16.2 Å². The van der Waals surface area contributed by atoms with Gasteiger partial charge >= 0.3 is 5.97 Å². The fourth-order valence-electron chi connectivity index (χ4n) is 4.19. The molecule has 3 heterocycles. The van der Waals surface area contributed by atoms with Crippen LogP contribution in [0.3, 0.4) is 0 Å². The van der Waals surface area contributed by atoms with Crippen LogP contribution in [0.2, 0.25) is 10.0 Å². The zero-order valence-corrected chi connectivity index (χ0v) is 21.9. The number of methoxy groups -OCH3 is 1. The van der Waals surface area contributed by atoms with Crippen molar-refractivity contribution in [1.82, 2.24) is 15.2 Å². The molecule has 0 radical (unpaired) electrons. The van der Waals surface area contributed by atoms with Crippen LogP contribution in [-0.2, 0) is 19.1 Å². The third-order valence-corrected chi connectivity index (χ3v) is 8.18. The van der Waals surface area contributed by atoms with E-state index in [0.717, 1.165) is 15.6 Å². The first-order valence-corrected chi connectivity index (χ1v) is 13.1. The van der Waals surface area contributed by atoms with Crippen molar-refractivity contribution in [2.24, 2.45) is 5.92 Å². The van der Waals surface area contributed by atoms with Gasteiger partial charge in [0.05, 0.1) is 34.3 Å². The van der Waals surface area contributed by atoms with Gasteiger partial charge in [-0.05, 0) is 59.0 Å². The molecule has 1 saturated heterocycles. The molecule has 36 heavy (non-hydrogen) atoms. The van der Waals surface area contributed by atoms with Crippen molar-refractivity contribution in [2.75, 3.05) is 20.2 Å². The molecule has 2 aromatic heterocycles. The smallest absolute Gasteiger partial charge is 0.307 e. The molecule has 0 saturated carbocycles. The molecule has 1 aliphatic heterocycles. The largest absolute Gasteiger partial charge is 0.469 e. The van der Waals surface area contributed by atoms with Crippen molar-refractivity contribution in [2.45, 2.75) is 25.3 Å². The number of esters is 1. The zero-order valence-electron chi connectivity index (χ0n) is 19.6. The number of carbonyl (C=O) groups is 3. The maximum Gasteiger partial charge on any atom is 0.307 e. The van der Waals surface area contributed by atoms with Crippen molar-refractivity contribution in [1.29, 1.82) is 0 Å². The van der Waals surface area contributed by atoms with Crippen molar-refractivity contribution in [3.63, 3.8) is 0 Å². The summed E-state index contributed by atoms with van der Waals surface area (Å²) in [7, 11) is 1.31. The van der Waals surface area contributed by atoms with Crippen LogP contribution < -0.4 is 5.32 Å².